The highest BCUT2D eigenvalue weighted by Crippen LogP contribution is 2.27. The van der Waals surface area contributed by atoms with Gasteiger partial charge in [0.05, 0.1) is 20.3 Å². The molecular formula is C17H20N2O4. The molecule has 1 aromatic rings. The zero-order chi connectivity index (χ0) is 16.7. The van der Waals surface area contributed by atoms with Crippen LogP contribution in [0.3, 0.4) is 0 Å². The summed E-state index contributed by atoms with van der Waals surface area (Å²) in [5.41, 5.74) is 9.56. The maximum Gasteiger partial charge on any atom is 0.341 e. The van der Waals surface area contributed by atoms with Gasteiger partial charge in [0.15, 0.2) is 11.5 Å². The van der Waals surface area contributed by atoms with E-state index in [9.17, 15) is 0 Å². The van der Waals surface area contributed by atoms with Gasteiger partial charge in [-0.2, -0.15) is 4.79 Å². The summed E-state index contributed by atoms with van der Waals surface area (Å²) >= 11 is 0. The molecule has 0 saturated carbocycles. The Bertz CT molecular complexity index is 656. The third-order valence-electron chi connectivity index (χ3n) is 3.18. The van der Waals surface area contributed by atoms with E-state index in [0.29, 0.717) is 48.4 Å². The van der Waals surface area contributed by atoms with Crippen LogP contribution in [0.2, 0.25) is 0 Å². The molecule has 1 aromatic carbocycles. The lowest BCUT2D eigenvalue weighted by atomic mass is 10.1. The van der Waals surface area contributed by atoms with Crippen LogP contribution in [-0.4, -0.2) is 30.8 Å². The van der Waals surface area contributed by atoms with E-state index in [2.05, 4.69) is 4.79 Å². The predicted octanol–water partition coefficient (Wildman–Crippen LogP) is 3.32. The summed E-state index contributed by atoms with van der Waals surface area (Å²) in [7, 11) is 1.61. The summed E-state index contributed by atoms with van der Waals surface area (Å²) in [6, 6.07) is 7.23. The Labute approximate surface area is 135 Å². The second-order valence-corrected chi connectivity index (χ2v) is 4.66. The summed E-state index contributed by atoms with van der Waals surface area (Å²) in [5.74, 6) is 3.00. The normalized spacial score (nSPS) is 14.0. The van der Waals surface area contributed by atoms with Crippen LogP contribution in [0.25, 0.3) is 5.53 Å². The van der Waals surface area contributed by atoms with Crippen molar-refractivity contribution in [2.45, 2.75) is 20.3 Å². The number of ether oxygens (including phenoxy) is 4. The highest BCUT2D eigenvalue weighted by Gasteiger charge is 2.29. The van der Waals surface area contributed by atoms with Crippen LogP contribution in [0.4, 0.5) is 0 Å². The Hall–Kier alpha value is -2.72. The van der Waals surface area contributed by atoms with Gasteiger partial charge in [0.1, 0.15) is 17.9 Å². The summed E-state index contributed by atoms with van der Waals surface area (Å²) in [6.07, 6.45) is 1.99. The van der Waals surface area contributed by atoms with Crippen LogP contribution in [0.15, 0.2) is 47.6 Å². The van der Waals surface area contributed by atoms with E-state index in [-0.39, 0.29) is 0 Å². The topological polar surface area (TPSA) is 73.3 Å². The molecule has 0 spiro atoms. The van der Waals surface area contributed by atoms with Crippen LogP contribution >= 0.6 is 0 Å². The first kappa shape index (κ1) is 16.6. The molecule has 2 rings (SSSR count). The molecule has 0 aliphatic heterocycles. The lowest BCUT2D eigenvalue weighted by Crippen LogP contribution is -2.18. The van der Waals surface area contributed by atoms with Crippen molar-refractivity contribution in [2.75, 3.05) is 20.3 Å². The first-order chi connectivity index (χ1) is 11.2. The van der Waals surface area contributed by atoms with Crippen molar-refractivity contribution in [1.29, 1.82) is 0 Å². The van der Waals surface area contributed by atoms with Crippen molar-refractivity contribution in [3.05, 3.63) is 53.2 Å². The van der Waals surface area contributed by atoms with Gasteiger partial charge in [-0.1, -0.05) is 0 Å². The fourth-order valence-electron chi connectivity index (χ4n) is 2.13. The lowest BCUT2D eigenvalue weighted by Gasteiger charge is -2.18. The highest BCUT2D eigenvalue weighted by atomic mass is 16.5. The Morgan fingerprint density at radius 1 is 1.04 bits per heavy atom. The van der Waals surface area contributed by atoms with Crippen molar-refractivity contribution in [1.82, 2.24) is 0 Å². The minimum Gasteiger partial charge on any atom is -0.497 e. The summed E-state index contributed by atoms with van der Waals surface area (Å²) in [4.78, 5) is 3.28. The molecule has 0 fully saturated rings. The molecule has 1 aliphatic carbocycles. The van der Waals surface area contributed by atoms with Gasteiger partial charge in [-0.3, -0.25) is 0 Å². The van der Waals surface area contributed by atoms with Gasteiger partial charge in [-0.05, 0) is 38.1 Å². The van der Waals surface area contributed by atoms with Crippen molar-refractivity contribution >= 4 is 5.71 Å². The molecule has 0 heterocycles. The minimum absolute atomic E-state index is 0.307. The second kappa shape index (κ2) is 8.06. The number of nitrogens with zero attached hydrogens (tertiary/aromatic N) is 2. The van der Waals surface area contributed by atoms with Crippen LogP contribution in [0.1, 0.15) is 20.3 Å². The second-order valence-electron chi connectivity index (χ2n) is 4.66. The third kappa shape index (κ3) is 4.14. The highest BCUT2D eigenvalue weighted by molar-refractivity contribution is 5.97. The average Bonchev–Trinajstić information content (AvgIpc) is 2.58. The standard InChI is InChI=1S/C17H20N2O4/c1-4-21-15-11-17(16(22-5-2)10-14(15)19-18)23-13-8-6-12(20-3)7-9-13/h6-9,11H,4-5,10H2,1-3H3. The van der Waals surface area contributed by atoms with Gasteiger partial charge in [-0.15, -0.1) is 0 Å². The average molecular weight is 316 g/mol. The third-order valence-corrected chi connectivity index (χ3v) is 3.18. The van der Waals surface area contributed by atoms with E-state index in [4.69, 9.17) is 24.5 Å². The fraction of sp³-hybridized carbons (Fsp3) is 0.353. The maximum atomic E-state index is 9.14. The number of hydrogen-bond donors (Lipinski definition) is 0. The first-order valence-corrected chi connectivity index (χ1v) is 7.45. The van der Waals surface area contributed by atoms with Crippen molar-refractivity contribution < 1.29 is 23.7 Å². The van der Waals surface area contributed by atoms with Gasteiger partial charge in [0, 0.05) is 6.08 Å². The molecule has 122 valence electrons. The number of methoxy groups -OCH3 is 1. The lowest BCUT2D eigenvalue weighted by molar-refractivity contribution is -0.0138. The molecule has 0 radical (unpaired) electrons. The van der Waals surface area contributed by atoms with Crippen molar-refractivity contribution in [2.24, 2.45) is 0 Å². The summed E-state index contributed by atoms with van der Waals surface area (Å²) in [5, 5.41) is 0. The zero-order valence-electron chi connectivity index (χ0n) is 13.5. The van der Waals surface area contributed by atoms with E-state index in [1.807, 2.05) is 26.0 Å². The minimum atomic E-state index is 0.307. The quantitative estimate of drug-likeness (QED) is 0.571. The Morgan fingerprint density at radius 3 is 2.26 bits per heavy atom. The molecular weight excluding hydrogens is 296 g/mol. The molecule has 0 atom stereocenters. The van der Waals surface area contributed by atoms with E-state index in [1.165, 1.54) is 0 Å². The predicted molar refractivity (Wildman–Crippen MR) is 85.2 cm³/mol. The zero-order valence-corrected chi connectivity index (χ0v) is 13.5. The van der Waals surface area contributed by atoms with Crippen LogP contribution in [-0.2, 0) is 9.47 Å². The smallest absolute Gasteiger partial charge is 0.341 e. The Morgan fingerprint density at radius 2 is 1.70 bits per heavy atom. The molecule has 0 unspecified atom stereocenters. The number of rotatable bonds is 7. The maximum absolute atomic E-state index is 9.14. The molecule has 0 aromatic heterocycles. The van der Waals surface area contributed by atoms with Gasteiger partial charge in [-0.25, -0.2) is 0 Å². The van der Waals surface area contributed by atoms with E-state index in [1.54, 1.807) is 25.3 Å². The van der Waals surface area contributed by atoms with E-state index >= 15 is 0 Å². The Balaban J connectivity index is 2.31. The molecule has 6 nitrogen and oxygen atoms in total. The summed E-state index contributed by atoms with van der Waals surface area (Å²) in [6.45, 7) is 4.70. The van der Waals surface area contributed by atoms with Crippen LogP contribution in [0, 0.1) is 0 Å². The van der Waals surface area contributed by atoms with Crippen LogP contribution < -0.4 is 9.47 Å². The molecule has 0 amide bonds. The van der Waals surface area contributed by atoms with Gasteiger partial charge in [0.2, 0.25) is 5.76 Å². The van der Waals surface area contributed by atoms with E-state index in [0.717, 1.165) is 5.75 Å². The first-order valence-electron chi connectivity index (χ1n) is 7.45. The molecule has 1 aliphatic rings. The fourth-order valence-corrected chi connectivity index (χ4v) is 2.13. The largest absolute Gasteiger partial charge is 0.497 e. The van der Waals surface area contributed by atoms with Crippen molar-refractivity contribution in [3.8, 4) is 11.5 Å². The van der Waals surface area contributed by atoms with Crippen LogP contribution in [0.5, 0.6) is 11.5 Å². The molecule has 0 bridgehead atoms. The van der Waals surface area contributed by atoms with E-state index < -0.39 is 0 Å². The van der Waals surface area contributed by atoms with Crippen molar-refractivity contribution in [3.63, 3.8) is 0 Å². The molecule has 6 heteroatoms. The number of allylic oxidation sites excluding steroid dienone is 3. The molecule has 0 N–H and O–H groups in total. The molecule has 23 heavy (non-hydrogen) atoms. The van der Waals surface area contributed by atoms with Gasteiger partial charge < -0.3 is 24.5 Å². The van der Waals surface area contributed by atoms with Gasteiger partial charge in [0.25, 0.3) is 0 Å². The molecule has 0 saturated heterocycles. The SMILES string of the molecule is CCOC1=CC(Oc2ccc(OC)cc2)=C(OCC)CC1=[N+]=[N-]. The number of hydrogen-bond acceptors (Lipinski definition) is 4. The number of benzene rings is 1. The van der Waals surface area contributed by atoms with Gasteiger partial charge >= 0.3 is 5.71 Å². The summed E-state index contributed by atoms with van der Waals surface area (Å²) < 4.78 is 22.1. The Kier molecular flexibility index (Phi) is 5.83. The monoisotopic (exact) mass is 316 g/mol.